The number of nitrogens with zero attached hydrogens (tertiary/aromatic N) is 1. The highest BCUT2D eigenvalue weighted by Gasteiger charge is 2.31. The van der Waals surface area contributed by atoms with Gasteiger partial charge in [0.05, 0.1) is 5.56 Å². The van der Waals surface area contributed by atoms with E-state index in [4.69, 9.17) is 19.8 Å². The van der Waals surface area contributed by atoms with Crippen molar-refractivity contribution in [1.29, 1.82) is 0 Å². The molecule has 1 aliphatic rings. The van der Waals surface area contributed by atoms with Gasteiger partial charge in [-0.25, -0.2) is 9.59 Å². The molecule has 1 unspecified atom stereocenters. The van der Waals surface area contributed by atoms with Crippen LogP contribution in [-0.4, -0.2) is 46.7 Å². The molecule has 1 saturated heterocycles. The zero-order valence-electron chi connectivity index (χ0n) is 13.9. The average Bonchev–Trinajstić information content (AvgIpc) is 2.55. The second-order valence-electron chi connectivity index (χ2n) is 5.87. The second-order valence-corrected chi connectivity index (χ2v) is 5.87. The lowest BCUT2D eigenvalue weighted by molar-refractivity contribution is -0.159. The van der Waals surface area contributed by atoms with Crippen molar-refractivity contribution in [1.82, 2.24) is 4.90 Å². The molecule has 0 amide bonds. The summed E-state index contributed by atoms with van der Waals surface area (Å²) >= 11 is 0. The third kappa shape index (κ3) is 7.13. The third-order valence-electron chi connectivity index (χ3n) is 3.91. The molecule has 1 aromatic carbocycles. The molecule has 1 aromatic rings. The van der Waals surface area contributed by atoms with E-state index in [2.05, 4.69) is 11.8 Å². The first-order chi connectivity index (χ1) is 11.6. The van der Waals surface area contributed by atoms with Gasteiger partial charge in [0.1, 0.15) is 0 Å². The van der Waals surface area contributed by atoms with Gasteiger partial charge in [0, 0.05) is 6.54 Å². The van der Waals surface area contributed by atoms with E-state index in [9.17, 15) is 13.2 Å². The van der Waals surface area contributed by atoms with E-state index in [0.717, 1.165) is 50.5 Å². The maximum Gasteiger partial charge on any atom is 0.416 e. The highest BCUT2D eigenvalue weighted by Crippen LogP contribution is 2.33. The maximum atomic E-state index is 12.7. The van der Waals surface area contributed by atoms with Crippen molar-refractivity contribution < 1.29 is 33.0 Å². The van der Waals surface area contributed by atoms with Gasteiger partial charge in [-0.15, -0.1) is 0 Å². The summed E-state index contributed by atoms with van der Waals surface area (Å²) in [6, 6.07) is 5.82. The van der Waals surface area contributed by atoms with Crippen molar-refractivity contribution in [2.24, 2.45) is 0 Å². The Balaban J connectivity index is 0.000000450. The van der Waals surface area contributed by atoms with E-state index < -0.39 is 23.7 Å². The Hall–Kier alpha value is -2.09. The Morgan fingerprint density at radius 2 is 1.88 bits per heavy atom. The summed E-state index contributed by atoms with van der Waals surface area (Å²) in [5, 5.41) is 14.8. The van der Waals surface area contributed by atoms with Crippen LogP contribution >= 0.6 is 0 Å². The van der Waals surface area contributed by atoms with Crippen LogP contribution in [0.15, 0.2) is 24.3 Å². The van der Waals surface area contributed by atoms with Gasteiger partial charge in [-0.2, -0.15) is 13.2 Å². The van der Waals surface area contributed by atoms with Crippen LogP contribution in [0.4, 0.5) is 13.2 Å². The topological polar surface area (TPSA) is 77.8 Å². The number of carboxylic acid groups (broad SMARTS) is 2. The molecule has 1 atom stereocenters. The maximum absolute atomic E-state index is 12.7. The van der Waals surface area contributed by atoms with Crippen molar-refractivity contribution in [2.75, 3.05) is 19.6 Å². The number of benzene rings is 1. The van der Waals surface area contributed by atoms with Crippen LogP contribution in [0.1, 0.15) is 43.2 Å². The molecule has 0 saturated carbocycles. The monoisotopic (exact) mass is 361 g/mol. The van der Waals surface area contributed by atoms with Crippen LogP contribution in [-0.2, 0) is 15.8 Å². The number of hydrogen-bond donors (Lipinski definition) is 2. The molecule has 8 heteroatoms. The molecule has 1 fully saturated rings. The number of carboxylic acids is 2. The fraction of sp³-hybridized carbons (Fsp3) is 0.529. The zero-order chi connectivity index (χ0) is 19.0. The summed E-state index contributed by atoms with van der Waals surface area (Å²) in [4.78, 5) is 20.6. The molecule has 140 valence electrons. The van der Waals surface area contributed by atoms with E-state index >= 15 is 0 Å². The molecule has 0 aromatic heterocycles. The molecular weight excluding hydrogens is 339 g/mol. The molecule has 1 aliphatic heterocycles. The first-order valence-corrected chi connectivity index (χ1v) is 8.00. The number of alkyl halides is 3. The normalized spacial score (nSPS) is 18.2. The third-order valence-corrected chi connectivity index (χ3v) is 3.91. The van der Waals surface area contributed by atoms with Gasteiger partial charge in [-0.3, -0.25) is 0 Å². The molecule has 0 aliphatic carbocycles. The molecular formula is C17H22F3NO4. The van der Waals surface area contributed by atoms with Crippen molar-refractivity contribution in [3.8, 4) is 0 Å². The first kappa shape index (κ1) is 21.0. The molecule has 0 spiro atoms. The molecule has 2 N–H and O–H groups in total. The number of rotatable bonds is 3. The van der Waals surface area contributed by atoms with E-state index in [0.29, 0.717) is 0 Å². The van der Waals surface area contributed by atoms with E-state index in [1.165, 1.54) is 12.1 Å². The van der Waals surface area contributed by atoms with Crippen LogP contribution in [0.25, 0.3) is 0 Å². The van der Waals surface area contributed by atoms with Crippen LogP contribution in [0.3, 0.4) is 0 Å². The minimum absolute atomic E-state index is 0.239. The van der Waals surface area contributed by atoms with Crippen LogP contribution in [0.5, 0.6) is 0 Å². The molecule has 2 rings (SSSR count). The second kappa shape index (κ2) is 9.41. The van der Waals surface area contributed by atoms with E-state index in [1.807, 2.05) is 6.07 Å². The summed E-state index contributed by atoms with van der Waals surface area (Å²) in [6.07, 6.45) is -1.09. The number of hydrogen-bond acceptors (Lipinski definition) is 3. The fourth-order valence-electron chi connectivity index (χ4n) is 2.82. The van der Waals surface area contributed by atoms with Gasteiger partial charge in [-0.05, 0) is 49.9 Å². The summed E-state index contributed by atoms with van der Waals surface area (Å²) < 4.78 is 38.2. The van der Waals surface area contributed by atoms with Crippen LogP contribution in [0.2, 0.25) is 0 Å². The lowest BCUT2D eigenvalue weighted by Crippen LogP contribution is -2.34. The number of likely N-dealkylation sites (tertiary alicyclic amines) is 1. The molecule has 0 radical (unpaired) electrons. The number of piperidine rings is 1. The summed E-state index contributed by atoms with van der Waals surface area (Å²) in [5.41, 5.74) is 0.299. The van der Waals surface area contributed by atoms with Crippen molar-refractivity contribution in [2.45, 2.75) is 38.3 Å². The highest BCUT2D eigenvalue weighted by molar-refractivity contribution is 6.27. The van der Waals surface area contributed by atoms with Gasteiger partial charge >= 0.3 is 18.1 Å². The predicted molar refractivity (Wildman–Crippen MR) is 85.4 cm³/mol. The number of aliphatic carboxylic acids is 2. The molecule has 1 heterocycles. The minimum atomic E-state index is -4.24. The predicted octanol–water partition coefficient (Wildman–Crippen LogP) is 3.45. The SMILES string of the molecule is CCCN1CCCC(c2cccc(C(F)(F)F)c2)C1.O=C(O)C(=O)O. The largest absolute Gasteiger partial charge is 0.473 e. The van der Waals surface area contributed by atoms with Gasteiger partial charge in [0.15, 0.2) is 0 Å². The lowest BCUT2D eigenvalue weighted by atomic mass is 9.89. The number of halogens is 3. The standard InChI is InChI=1S/C15H20F3N.C2H2O4/c1-2-8-19-9-4-6-13(11-19)12-5-3-7-14(10-12)15(16,17)18;3-1(4)2(5)6/h3,5,7,10,13H,2,4,6,8-9,11H2,1H3;(H,3,4)(H,5,6). The molecule has 5 nitrogen and oxygen atoms in total. The zero-order valence-corrected chi connectivity index (χ0v) is 13.9. The van der Waals surface area contributed by atoms with Gasteiger partial charge in [0.2, 0.25) is 0 Å². The van der Waals surface area contributed by atoms with E-state index in [1.54, 1.807) is 0 Å². The van der Waals surface area contributed by atoms with Gasteiger partial charge in [-0.1, -0.05) is 25.1 Å². The van der Waals surface area contributed by atoms with Gasteiger partial charge in [0.25, 0.3) is 0 Å². The molecule has 0 bridgehead atoms. The average molecular weight is 361 g/mol. The Labute approximate surface area is 144 Å². The Morgan fingerprint density at radius 3 is 2.40 bits per heavy atom. The Bertz CT molecular complexity index is 576. The summed E-state index contributed by atoms with van der Waals surface area (Å²) in [6.45, 7) is 5.13. The smallest absolute Gasteiger partial charge is 0.416 e. The van der Waals surface area contributed by atoms with Crippen molar-refractivity contribution >= 4 is 11.9 Å². The highest BCUT2D eigenvalue weighted by atomic mass is 19.4. The summed E-state index contributed by atoms with van der Waals surface area (Å²) in [7, 11) is 0. The quantitative estimate of drug-likeness (QED) is 0.807. The first-order valence-electron chi connectivity index (χ1n) is 8.00. The van der Waals surface area contributed by atoms with Crippen molar-refractivity contribution in [3.05, 3.63) is 35.4 Å². The molecule has 25 heavy (non-hydrogen) atoms. The van der Waals surface area contributed by atoms with Crippen LogP contribution in [0, 0.1) is 0 Å². The Morgan fingerprint density at radius 1 is 1.24 bits per heavy atom. The minimum Gasteiger partial charge on any atom is -0.473 e. The van der Waals surface area contributed by atoms with Crippen LogP contribution < -0.4 is 0 Å². The fourth-order valence-corrected chi connectivity index (χ4v) is 2.82. The van der Waals surface area contributed by atoms with Gasteiger partial charge < -0.3 is 15.1 Å². The number of carbonyl (C=O) groups is 2. The van der Waals surface area contributed by atoms with E-state index in [-0.39, 0.29) is 5.92 Å². The lowest BCUT2D eigenvalue weighted by Gasteiger charge is -2.33. The van der Waals surface area contributed by atoms with Crippen molar-refractivity contribution in [3.63, 3.8) is 0 Å². The Kier molecular flexibility index (Phi) is 7.89. The summed E-state index contributed by atoms with van der Waals surface area (Å²) in [5.74, 6) is -3.41.